The van der Waals surface area contributed by atoms with Crippen molar-refractivity contribution < 1.29 is 4.79 Å². The molecule has 0 radical (unpaired) electrons. The Kier molecular flexibility index (Phi) is 14.0. The van der Waals surface area contributed by atoms with Gasteiger partial charge in [-0.05, 0) is 26.7 Å². The molecule has 0 bridgehead atoms. The van der Waals surface area contributed by atoms with E-state index < -0.39 is 0 Å². The molecule has 0 aliphatic carbocycles. The molecule has 1 N–H and O–H groups in total. The number of rotatable bonds is 14. The molecule has 1 unspecified atom stereocenters. The first kappa shape index (κ1) is 20.5. The Morgan fingerprint density at radius 1 is 0.762 bits per heavy atom. The summed E-state index contributed by atoms with van der Waals surface area (Å²) in [6, 6.07) is 0.264. The summed E-state index contributed by atoms with van der Waals surface area (Å²) in [6.07, 6.45) is 15.1. The van der Waals surface area contributed by atoms with Crippen LogP contribution in [0.5, 0.6) is 0 Å². The smallest absolute Gasteiger partial charge is 0.223 e. The first-order chi connectivity index (χ1) is 10.1. The zero-order valence-electron chi connectivity index (χ0n) is 15.0. The molecule has 0 fully saturated rings. The summed E-state index contributed by atoms with van der Waals surface area (Å²) in [4.78, 5) is 12.3. The highest BCUT2D eigenvalue weighted by Gasteiger charge is 2.18. The molecule has 1 amide bonds. The average molecular weight is 298 g/mol. The average Bonchev–Trinajstić information content (AvgIpc) is 2.44. The fourth-order valence-electron chi connectivity index (χ4n) is 2.80. The van der Waals surface area contributed by atoms with E-state index in [2.05, 4.69) is 33.0 Å². The van der Waals surface area contributed by atoms with Crippen molar-refractivity contribution in [1.82, 2.24) is 5.32 Å². The molecule has 0 spiro atoms. The summed E-state index contributed by atoms with van der Waals surface area (Å²) >= 11 is 0. The van der Waals surface area contributed by atoms with Crippen LogP contribution in [0.2, 0.25) is 0 Å². The number of hydrogen-bond donors (Lipinski definition) is 1. The van der Waals surface area contributed by atoms with Crippen molar-refractivity contribution in [3.8, 4) is 0 Å². The van der Waals surface area contributed by atoms with Crippen LogP contribution in [0, 0.1) is 5.92 Å². The summed E-state index contributed by atoms with van der Waals surface area (Å²) in [5.74, 6) is 0.533. The minimum Gasteiger partial charge on any atom is -0.354 e. The molecule has 0 saturated heterocycles. The monoisotopic (exact) mass is 297 g/mol. The lowest BCUT2D eigenvalue weighted by molar-refractivity contribution is -0.126. The van der Waals surface area contributed by atoms with Gasteiger partial charge >= 0.3 is 0 Å². The van der Waals surface area contributed by atoms with Gasteiger partial charge in [-0.2, -0.15) is 0 Å². The first-order valence-corrected chi connectivity index (χ1v) is 9.42. The molecule has 0 aliphatic rings. The Labute approximate surface area is 133 Å². The maximum atomic E-state index is 12.3. The molecule has 126 valence electrons. The van der Waals surface area contributed by atoms with E-state index in [9.17, 15) is 4.79 Å². The lowest BCUT2D eigenvalue weighted by atomic mass is 9.93. The highest BCUT2D eigenvalue weighted by molar-refractivity contribution is 5.78. The zero-order chi connectivity index (χ0) is 15.9. The number of amides is 1. The highest BCUT2D eigenvalue weighted by atomic mass is 16.1. The van der Waals surface area contributed by atoms with Crippen LogP contribution in [-0.2, 0) is 4.79 Å². The molecule has 0 aromatic carbocycles. The lowest BCUT2D eigenvalue weighted by Crippen LogP contribution is -2.35. The van der Waals surface area contributed by atoms with Gasteiger partial charge in [-0.1, -0.05) is 78.1 Å². The molecule has 0 aliphatic heterocycles. The molecule has 0 saturated carbocycles. The van der Waals surface area contributed by atoms with Gasteiger partial charge in [0.1, 0.15) is 0 Å². The van der Waals surface area contributed by atoms with Crippen molar-refractivity contribution >= 4 is 5.91 Å². The number of nitrogens with one attached hydrogen (secondary N) is 1. The van der Waals surface area contributed by atoms with Gasteiger partial charge in [-0.15, -0.1) is 0 Å². The lowest BCUT2D eigenvalue weighted by Gasteiger charge is -2.18. The van der Waals surface area contributed by atoms with Crippen LogP contribution in [0.25, 0.3) is 0 Å². The SMILES string of the molecule is CCCCCCCCC(CCCCCC)C(=O)NC(C)C. The van der Waals surface area contributed by atoms with Crippen molar-refractivity contribution in [3.05, 3.63) is 0 Å². The number of unbranched alkanes of at least 4 members (excludes halogenated alkanes) is 8. The van der Waals surface area contributed by atoms with E-state index in [4.69, 9.17) is 0 Å². The predicted molar refractivity (Wildman–Crippen MR) is 93.5 cm³/mol. The van der Waals surface area contributed by atoms with Crippen molar-refractivity contribution in [2.45, 2.75) is 111 Å². The van der Waals surface area contributed by atoms with Gasteiger partial charge < -0.3 is 5.32 Å². The third-order valence-corrected chi connectivity index (χ3v) is 4.11. The molecule has 0 aromatic heterocycles. The van der Waals surface area contributed by atoms with Crippen molar-refractivity contribution in [2.75, 3.05) is 0 Å². The molecular formula is C19H39NO. The van der Waals surface area contributed by atoms with Gasteiger partial charge in [0, 0.05) is 12.0 Å². The Morgan fingerprint density at radius 3 is 1.67 bits per heavy atom. The van der Waals surface area contributed by atoms with Gasteiger partial charge in [0.2, 0.25) is 5.91 Å². The topological polar surface area (TPSA) is 29.1 Å². The normalized spacial score (nSPS) is 12.6. The first-order valence-electron chi connectivity index (χ1n) is 9.42. The van der Waals surface area contributed by atoms with Crippen molar-refractivity contribution in [3.63, 3.8) is 0 Å². The largest absolute Gasteiger partial charge is 0.354 e. The quantitative estimate of drug-likeness (QED) is 0.400. The van der Waals surface area contributed by atoms with Crippen LogP contribution in [-0.4, -0.2) is 11.9 Å². The summed E-state index contributed by atoms with van der Waals surface area (Å²) < 4.78 is 0. The summed E-state index contributed by atoms with van der Waals surface area (Å²) in [5.41, 5.74) is 0. The Balaban J connectivity index is 3.97. The minimum atomic E-state index is 0.246. The molecule has 0 aromatic rings. The van der Waals surface area contributed by atoms with E-state index in [0.29, 0.717) is 0 Å². The Bertz CT molecular complexity index is 238. The van der Waals surface area contributed by atoms with Gasteiger partial charge in [0.15, 0.2) is 0 Å². The molecule has 1 atom stereocenters. The second-order valence-electron chi connectivity index (χ2n) is 6.77. The van der Waals surface area contributed by atoms with Crippen LogP contribution in [0.4, 0.5) is 0 Å². The second kappa shape index (κ2) is 14.4. The van der Waals surface area contributed by atoms with Gasteiger partial charge in [-0.25, -0.2) is 0 Å². The van der Waals surface area contributed by atoms with Crippen LogP contribution in [0.1, 0.15) is 105 Å². The number of hydrogen-bond acceptors (Lipinski definition) is 1. The van der Waals surface area contributed by atoms with E-state index in [-0.39, 0.29) is 17.9 Å². The molecule has 0 rings (SSSR count). The van der Waals surface area contributed by atoms with Crippen molar-refractivity contribution in [1.29, 1.82) is 0 Å². The number of carbonyl (C=O) groups is 1. The third kappa shape index (κ3) is 12.9. The Morgan fingerprint density at radius 2 is 1.19 bits per heavy atom. The molecule has 2 heteroatoms. The Hall–Kier alpha value is -0.530. The summed E-state index contributed by atoms with van der Waals surface area (Å²) in [7, 11) is 0. The number of carbonyl (C=O) groups excluding carboxylic acids is 1. The minimum absolute atomic E-state index is 0.246. The van der Waals surface area contributed by atoms with E-state index in [0.717, 1.165) is 12.8 Å². The second-order valence-corrected chi connectivity index (χ2v) is 6.77. The van der Waals surface area contributed by atoms with E-state index in [1.54, 1.807) is 0 Å². The highest BCUT2D eigenvalue weighted by Crippen LogP contribution is 2.19. The maximum Gasteiger partial charge on any atom is 0.223 e. The maximum absolute atomic E-state index is 12.3. The van der Waals surface area contributed by atoms with E-state index in [1.807, 2.05) is 0 Å². The van der Waals surface area contributed by atoms with Gasteiger partial charge in [0.05, 0.1) is 0 Å². The van der Waals surface area contributed by atoms with Crippen LogP contribution in [0.3, 0.4) is 0 Å². The summed E-state index contributed by atoms with van der Waals surface area (Å²) in [6.45, 7) is 8.59. The van der Waals surface area contributed by atoms with E-state index >= 15 is 0 Å². The van der Waals surface area contributed by atoms with Crippen LogP contribution < -0.4 is 5.32 Å². The fourth-order valence-corrected chi connectivity index (χ4v) is 2.80. The third-order valence-electron chi connectivity index (χ3n) is 4.11. The zero-order valence-corrected chi connectivity index (χ0v) is 15.0. The van der Waals surface area contributed by atoms with Crippen molar-refractivity contribution in [2.24, 2.45) is 5.92 Å². The summed E-state index contributed by atoms with van der Waals surface area (Å²) in [5, 5.41) is 3.11. The molecule has 0 heterocycles. The molecule has 21 heavy (non-hydrogen) atoms. The van der Waals surface area contributed by atoms with E-state index in [1.165, 1.54) is 64.2 Å². The van der Waals surface area contributed by atoms with Gasteiger partial charge in [-0.3, -0.25) is 4.79 Å². The standard InChI is InChI=1S/C19H39NO/c1-5-7-9-11-12-14-16-18(15-13-10-8-6-2)19(21)20-17(3)4/h17-18H,5-16H2,1-4H3,(H,20,21). The van der Waals surface area contributed by atoms with Gasteiger partial charge in [0.25, 0.3) is 0 Å². The van der Waals surface area contributed by atoms with Crippen LogP contribution in [0.15, 0.2) is 0 Å². The predicted octanol–water partition coefficient (Wildman–Crippen LogP) is 5.85. The molecular weight excluding hydrogens is 258 g/mol. The molecule has 2 nitrogen and oxygen atoms in total. The fraction of sp³-hybridized carbons (Fsp3) is 0.947. The van der Waals surface area contributed by atoms with Crippen LogP contribution >= 0.6 is 0 Å².